The molecule has 0 aliphatic heterocycles. The standard InChI is InChI=1S/C18H15N5O2/c1-13-8-9-22(21-13)18-5-3-2-4-14(18)12-20-17-7-6-16(23(24)25)10-15(17)11-19/h2-10,20H,12H2,1H3. The summed E-state index contributed by atoms with van der Waals surface area (Å²) in [5.74, 6) is 0. The van der Waals surface area contributed by atoms with Crippen molar-refractivity contribution in [3.63, 3.8) is 0 Å². The van der Waals surface area contributed by atoms with Gasteiger partial charge in [-0.25, -0.2) is 4.68 Å². The van der Waals surface area contributed by atoms with E-state index in [2.05, 4.69) is 10.4 Å². The lowest BCUT2D eigenvalue weighted by Gasteiger charge is -2.12. The molecule has 0 bridgehead atoms. The maximum Gasteiger partial charge on any atom is 0.270 e. The second kappa shape index (κ2) is 6.84. The van der Waals surface area contributed by atoms with Crippen LogP contribution in [0.4, 0.5) is 11.4 Å². The van der Waals surface area contributed by atoms with E-state index < -0.39 is 4.92 Å². The van der Waals surface area contributed by atoms with Crippen LogP contribution in [0, 0.1) is 28.4 Å². The quantitative estimate of drug-likeness (QED) is 0.568. The summed E-state index contributed by atoms with van der Waals surface area (Å²) in [7, 11) is 0. The predicted molar refractivity (Wildman–Crippen MR) is 93.4 cm³/mol. The van der Waals surface area contributed by atoms with Gasteiger partial charge in [0.15, 0.2) is 0 Å². The van der Waals surface area contributed by atoms with E-state index in [0.29, 0.717) is 12.2 Å². The molecule has 0 atom stereocenters. The average Bonchev–Trinajstić information content (AvgIpc) is 3.06. The molecule has 1 N–H and O–H groups in total. The van der Waals surface area contributed by atoms with Crippen LogP contribution in [0.2, 0.25) is 0 Å². The second-order valence-corrected chi connectivity index (χ2v) is 5.48. The molecule has 0 aliphatic rings. The zero-order valence-corrected chi connectivity index (χ0v) is 13.5. The molecule has 0 amide bonds. The number of nitro groups is 1. The molecule has 3 aromatic rings. The molecular formula is C18H15N5O2. The minimum absolute atomic E-state index is 0.102. The van der Waals surface area contributed by atoms with Gasteiger partial charge in [0, 0.05) is 24.9 Å². The van der Waals surface area contributed by atoms with Crippen molar-refractivity contribution < 1.29 is 4.92 Å². The van der Waals surface area contributed by atoms with E-state index in [9.17, 15) is 15.4 Å². The van der Waals surface area contributed by atoms with Crippen molar-refractivity contribution in [2.24, 2.45) is 0 Å². The number of nitro benzene ring substituents is 1. The Morgan fingerprint density at radius 1 is 1.28 bits per heavy atom. The van der Waals surface area contributed by atoms with Crippen molar-refractivity contribution >= 4 is 11.4 Å². The Morgan fingerprint density at radius 2 is 2.08 bits per heavy atom. The first-order chi connectivity index (χ1) is 12.1. The summed E-state index contributed by atoms with van der Waals surface area (Å²) in [6, 6.07) is 15.9. The van der Waals surface area contributed by atoms with Crippen LogP contribution in [0.5, 0.6) is 0 Å². The van der Waals surface area contributed by atoms with Gasteiger partial charge >= 0.3 is 0 Å². The van der Waals surface area contributed by atoms with Crippen molar-refractivity contribution in [2.45, 2.75) is 13.5 Å². The largest absolute Gasteiger partial charge is 0.380 e. The Morgan fingerprint density at radius 3 is 2.76 bits per heavy atom. The van der Waals surface area contributed by atoms with Crippen molar-refractivity contribution in [3.8, 4) is 11.8 Å². The fraction of sp³-hybridized carbons (Fsp3) is 0.111. The Bertz CT molecular complexity index is 972. The lowest BCUT2D eigenvalue weighted by Crippen LogP contribution is -2.06. The zero-order chi connectivity index (χ0) is 17.8. The van der Waals surface area contributed by atoms with Crippen molar-refractivity contribution in [2.75, 3.05) is 5.32 Å². The highest BCUT2D eigenvalue weighted by atomic mass is 16.6. The maximum atomic E-state index is 10.8. The van der Waals surface area contributed by atoms with E-state index in [0.717, 1.165) is 16.9 Å². The van der Waals surface area contributed by atoms with Gasteiger partial charge in [-0.05, 0) is 30.7 Å². The van der Waals surface area contributed by atoms with Gasteiger partial charge in [-0.1, -0.05) is 18.2 Å². The average molecular weight is 333 g/mol. The lowest BCUT2D eigenvalue weighted by atomic mass is 10.1. The molecule has 25 heavy (non-hydrogen) atoms. The maximum absolute atomic E-state index is 10.8. The van der Waals surface area contributed by atoms with Gasteiger partial charge < -0.3 is 5.32 Å². The minimum Gasteiger partial charge on any atom is -0.380 e. The van der Waals surface area contributed by atoms with E-state index >= 15 is 0 Å². The summed E-state index contributed by atoms with van der Waals surface area (Å²) < 4.78 is 1.80. The van der Waals surface area contributed by atoms with Gasteiger partial charge in [0.05, 0.1) is 27.6 Å². The molecular weight excluding hydrogens is 318 g/mol. The molecule has 0 saturated heterocycles. The fourth-order valence-electron chi connectivity index (χ4n) is 2.52. The molecule has 3 rings (SSSR count). The Kier molecular flexibility index (Phi) is 4.44. The Labute approximate surface area is 144 Å². The SMILES string of the molecule is Cc1ccn(-c2ccccc2CNc2ccc([N+](=O)[O-])cc2C#N)n1. The van der Waals surface area contributed by atoms with Crippen LogP contribution in [0.15, 0.2) is 54.7 Å². The first-order valence-corrected chi connectivity index (χ1v) is 7.61. The third kappa shape index (κ3) is 3.48. The summed E-state index contributed by atoms with van der Waals surface area (Å²) in [6.45, 7) is 2.38. The van der Waals surface area contributed by atoms with Crippen LogP contribution in [-0.4, -0.2) is 14.7 Å². The normalized spacial score (nSPS) is 10.2. The number of non-ortho nitro benzene ring substituents is 1. The highest BCUT2D eigenvalue weighted by Crippen LogP contribution is 2.23. The zero-order valence-electron chi connectivity index (χ0n) is 13.5. The smallest absolute Gasteiger partial charge is 0.270 e. The summed E-state index contributed by atoms with van der Waals surface area (Å²) in [6.07, 6.45) is 1.89. The van der Waals surface area contributed by atoms with Gasteiger partial charge in [0.2, 0.25) is 0 Å². The number of aryl methyl sites for hydroxylation is 1. The van der Waals surface area contributed by atoms with Gasteiger partial charge in [-0.2, -0.15) is 10.4 Å². The topological polar surface area (TPSA) is 96.8 Å². The highest BCUT2D eigenvalue weighted by molar-refractivity contribution is 5.61. The van der Waals surface area contributed by atoms with E-state index in [1.807, 2.05) is 49.5 Å². The lowest BCUT2D eigenvalue weighted by molar-refractivity contribution is -0.384. The van der Waals surface area contributed by atoms with Crippen molar-refractivity contribution in [1.82, 2.24) is 9.78 Å². The highest BCUT2D eigenvalue weighted by Gasteiger charge is 2.11. The number of benzene rings is 2. The van der Waals surface area contributed by atoms with E-state index in [-0.39, 0.29) is 11.3 Å². The number of anilines is 1. The van der Waals surface area contributed by atoms with Gasteiger partial charge in [0.1, 0.15) is 6.07 Å². The van der Waals surface area contributed by atoms with E-state index in [1.165, 1.54) is 12.1 Å². The monoisotopic (exact) mass is 333 g/mol. The molecule has 124 valence electrons. The molecule has 0 aliphatic carbocycles. The summed E-state index contributed by atoms with van der Waals surface area (Å²) in [5, 5.41) is 27.7. The molecule has 2 aromatic carbocycles. The molecule has 0 saturated carbocycles. The van der Waals surface area contributed by atoms with Crippen LogP contribution in [0.25, 0.3) is 5.69 Å². The van der Waals surface area contributed by atoms with Crippen LogP contribution >= 0.6 is 0 Å². The molecule has 1 heterocycles. The van der Waals surface area contributed by atoms with Crippen LogP contribution < -0.4 is 5.32 Å². The fourth-order valence-corrected chi connectivity index (χ4v) is 2.52. The van der Waals surface area contributed by atoms with Crippen molar-refractivity contribution in [3.05, 3.63) is 81.7 Å². The van der Waals surface area contributed by atoms with Crippen LogP contribution in [0.3, 0.4) is 0 Å². The second-order valence-electron chi connectivity index (χ2n) is 5.48. The molecule has 0 fully saturated rings. The number of nitrogens with zero attached hydrogens (tertiary/aromatic N) is 4. The molecule has 0 spiro atoms. The van der Waals surface area contributed by atoms with Crippen LogP contribution in [-0.2, 0) is 6.54 Å². The van der Waals surface area contributed by atoms with E-state index in [4.69, 9.17) is 0 Å². The molecule has 1 aromatic heterocycles. The van der Waals surface area contributed by atoms with Gasteiger partial charge in [-0.3, -0.25) is 10.1 Å². The van der Waals surface area contributed by atoms with Gasteiger partial charge in [-0.15, -0.1) is 0 Å². The number of nitrogens with one attached hydrogen (secondary N) is 1. The summed E-state index contributed by atoms with van der Waals surface area (Å²) in [5.41, 5.74) is 3.54. The number of hydrogen-bond donors (Lipinski definition) is 1. The number of hydrogen-bond acceptors (Lipinski definition) is 5. The van der Waals surface area contributed by atoms with E-state index in [1.54, 1.807) is 10.7 Å². The molecule has 7 heteroatoms. The first-order valence-electron chi connectivity index (χ1n) is 7.61. The predicted octanol–water partition coefficient (Wildman–Crippen LogP) is 3.57. The number of rotatable bonds is 5. The number of nitriles is 1. The summed E-state index contributed by atoms with van der Waals surface area (Å²) in [4.78, 5) is 10.3. The molecule has 0 radical (unpaired) electrons. The summed E-state index contributed by atoms with van der Waals surface area (Å²) >= 11 is 0. The molecule has 0 unspecified atom stereocenters. The third-order valence-electron chi connectivity index (χ3n) is 3.76. The van der Waals surface area contributed by atoms with Crippen molar-refractivity contribution in [1.29, 1.82) is 5.26 Å². The van der Waals surface area contributed by atoms with Crippen LogP contribution in [0.1, 0.15) is 16.8 Å². The molecule has 7 nitrogen and oxygen atoms in total. The third-order valence-corrected chi connectivity index (χ3v) is 3.76. The number of aromatic nitrogens is 2. The minimum atomic E-state index is -0.514. The first kappa shape index (κ1) is 16.2. The van der Waals surface area contributed by atoms with Gasteiger partial charge in [0.25, 0.3) is 5.69 Å². The Balaban J connectivity index is 1.86. The Hall–Kier alpha value is -3.66. The number of para-hydroxylation sites is 1.